The molecule has 4 heteroatoms. The summed E-state index contributed by atoms with van der Waals surface area (Å²) in [4.78, 5) is 26.3. The van der Waals surface area contributed by atoms with Crippen LogP contribution in [0.4, 0.5) is 0 Å². The molecule has 0 saturated carbocycles. The quantitative estimate of drug-likeness (QED) is 0.581. The van der Waals surface area contributed by atoms with Crippen LogP contribution in [0.25, 0.3) is 5.57 Å². The van der Waals surface area contributed by atoms with Gasteiger partial charge >= 0.3 is 5.97 Å². The average molecular weight is 354 g/mol. The third-order valence-electron chi connectivity index (χ3n) is 4.66. The number of benzene rings is 1. The zero-order valence-electron chi connectivity index (χ0n) is 14.5. The Balaban J connectivity index is 1.98. The van der Waals surface area contributed by atoms with Gasteiger partial charge in [-0.1, -0.05) is 37.3 Å². The predicted molar refractivity (Wildman–Crippen MR) is 101 cm³/mol. The first-order chi connectivity index (χ1) is 12.1. The van der Waals surface area contributed by atoms with Crippen molar-refractivity contribution >= 4 is 28.7 Å². The molecule has 130 valence electrons. The highest BCUT2D eigenvalue weighted by Crippen LogP contribution is 2.41. The number of allylic oxidation sites excluding steroid dienone is 2. The summed E-state index contributed by atoms with van der Waals surface area (Å²) in [7, 11) is 0. The largest absolute Gasteiger partial charge is 0.465 e. The second-order valence-corrected chi connectivity index (χ2v) is 7.13. The summed E-state index contributed by atoms with van der Waals surface area (Å²) in [6, 6.07) is 12.2. The van der Waals surface area contributed by atoms with Crippen molar-refractivity contribution in [3.63, 3.8) is 0 Å². The standard InChI is InChI=1S/C21H22O3S/c1-3-14-7-9-15(10-8-14)17-12-16(19-6-5-11-25-19)13-18(22)20(17)21(23)24-4-2/h5-11,13,17,20H,3-4,12H2,1-2H3/t17-,20-/m0/s1. The number of aryl methyl sites for hydroxylation is 1. The second-order valence-electron chi connectivity index (χ2n) is 6.18. The molecular weight excluding hydrogens is 332 g/mol. The highest BCUT2D eigenvalue weighted by molar-refractivity contribution is 7.11. The van der Waals surface area contributed by atoms with Crippen molar-refractivity contribution in [1.29, 1.82) is 0 Å². The Bertz CT molecular complexity index is 772. The number of carbonyl (C=O) groups is 2. The van der Waals surface area contributed by atoms with Crippen LogP contribution >= 0.6 is 11.3 Å². The van der Waals surface area contributed by atoms with E-state index in [4.69, 9.17) is 4.74 Å². The van der Waals surface area contributed by atoms with Crippen molar-refractivity contribution in [3.05, 3.63) is 63.9 Å². The zero-order valence-corrected chi connectivity index (χ0v) is 15.3. The molecule has 1 aromatic carbocycles. The number of ether oxygens (including phenoxy) is 1. The Hall–Kier alpha value is -2.20. The SMILES string of the molecule is CCOC(=O)[C@@H]1C(=O)C=C(c2cccs2)C[C@H]1c1ccc(CC)cc1. The van der Waals surface area contributed by atoms with Crippen molar-refractivity contribution < 1.29 is 14.3 Å². The first-order valence-corrected chi connectivity index (χ1v) is 9.55. The van der Waals surface area contributed by atoms with Gasteiger partial charge in [0.25, 0.3) is 0 Å². The summed E-state index contributed by atoms with van der Waals surface area (Å²) in [5.41, 5.74) is 3.27. The molecule has 0 aliphatic heterocycles. The number of thiophene rings is 1. The first kappa shape index (κ1) is 17.6. The minimum Gasteiger partial charge on any atom is -0.465 e. The highest BCUT2D eigenvalue weighted by Gasteiger charge is 2.39. The molecule has 0 N–H and O–H groups in total. The number of hydrogen-bond donors (Lipinski definition) is 0. The average Bonchev–Trinajstić information content (AvgIpc) is 3.16. The molecule has 0 radical (unpaired) electrons. The lowest BCUT2D eigenvalue weighted by atomic mass is 9.74. The molecule has 0 fully saturated rings. The van der Waals surface area contributed by atoms with Crippen LogP contribution in [0, 0.1) is 5.92 Å². The van der Waals surface area contributed by atoms with Gasteiger partial charge < -0.3 is 4.74 Å². The molecule has 1 aliphatic carbocycles. The minimum absolute atomic E-state index is 0.155. The molecule has 0 bridgehead atoms. The fraction of sp³-hybridized carbons (Fsp3) is 0.333. The van der Waals surface area contributed by atoms with Crippen molar-refractivity contribution in [1.82, 2.24) is 0 Å². The lowest BCUT2D eigenvalue weighted by Gasteiger charge is -2.29. The summed E-state index contributed by atoms with van der Waals surface area (Å²) in [5, 5.41) is 2.00. The Labute approximate surface area is 152 Å². The number of esters is 1. The summed E-state index contributed by atoms with van der Waals surface area (Å²) >= 11 is 1.62. The molecule has 3 rings (SSSR count). The molecule has 0 saturated heterocycles. The monoisotopic (exact) mass is 354 g/mol. The molecule has 1 aliphatic rings. The van der Waals surface area contributed by atoms with E-state index in [0.29, 0.717) is 6.42 Å². The third kappa shape index (κ3) is 3.74. The Morgan fingerprint density at radius 2 is 1.96 bits per heavy atom. The van der Waals surface area contributed by atoms with Gasteiger partial charge in [-0.2, -0.15) is 0 Å². The van der Waals surface area contributed by atoms with E-state index < -0.39 is 11.9 Å². The van der Waals surface area contributed by atoms with Crippen molar-refractivity contribution in [2.45, 2.75) is 32.6 Å². The van der Waals surface area contributed by atoms with Crippen LogP contribution < -0.4 is 0 Å². The molecule has 2 atom stereocenters. The van der Waals surface area contributed by atoms with Gasteiger partial charge in [-0.05, 0) is 54.0 Å². The van der Waals surface area contributed by atoms with E-state index in [0.717, 1.165) is 22.4 Å². The summed E-state index contributed by atoms with van der Waals surface area (Å²) in [6.45, 7) is 4.16. The number of ketones is 1. The third-order valence-corrected chi connectivity index (χ3v) is 5.60. The Kier molecular flexibility index (Phi) is 5.49. The highest BCUT2D eigenvalue weighted by atomic mass is 32.1. The van der Waals surface area contributed by atoms with E-state index in [2.05, 4.69) is 19.1 Å². The van der Waals surface area contributed by atoms with Gasteiger partial charge in [0.05, 0.1) is 6.61 Å². The lowest BCUT2D eigenvalue weighted by molar-refractivity contribution is -0.151. The molecule has 25 heavy (non-hydrogen) atoms. The summed E-state index contributed by atoms with van der Waals surface area (Å²) in [6.07, 6.45) is 3.26. The fourth-order valence-corrected chi connectivity index (χ4v) is 4.08. The van der Waals surface area contributed by atoms with Crippen LogP contribution in [-0.4, -0.2) is 18.4 Å². The normalized spacial score (nSPS) is 20.2. The van der Waals surface area contributed by atoms with Crippen molar-refractivity contribution in [2.75, 3.05) is 6.61 Å². The van der Waals surface area contributed by atoms with Gasteiger partial charge in [-0.15, -0.1) is 11.3 Å². The summed E-state index contributed by atoms with van der Waals surface area (Å²) < 4.78 is 5.19. The molecule has 2 aromatic rings. The Morgan fingerprint density at radius 3 is 2.56 bits per heavy atom. The maximum Gasteiger partial charge on any atom is 0.317 e. The van der Waals surface area contributed by atoms with E-state index >= 15 is 0 Å². The van der Waals surface area contributed by atoms with Gasteiger partial charge in [-0.25, -0.2) is 0 Å². The molecule has 1 aromatic heterocycles. The van der Waals surface area contributed by atoms with Crippen molar-refractivity contribution in [2.24, 2.45) is 5.92 Å². The molecule has 0 amide bonds. The molecule has 0 unspecified atom stereocenters. The van der Waals surface area contributed by atoms with Gasteiger partial charge in [0.1, 0.15) is 5.92 Å². The van der Waals surface area contributed by atoms with Gasteiger partial charge in [0, 0.05) is 10.8 Å². The van der Waals surface area contributed by atoms with Crippen molar-refractivity contribution in [3.8, 4) is 0 Å². The maximum absolute atomic E-state index is 12.8. The fourth-order valence-electron chi connectivity index (χ4n) is 3.33. The number of hydrogen-bond acceptors (Lipinski definition) is 4. The Morgan fingerprint density at radius 1 is 1.20 bits per heavy atom. The smallest absolute Gasteiger partial charge is 0.317 e. The van der Waals surface area contributed by atoms with Crippen LogP contribution in [0.1, 0.15) is 42.2 Å². The van der Waals surface area contributed by atoms with Crippen LogP contribution in [0.3, 0.4) is 0 Å². The predicted octanol–water partition coefficient (Wildman–Crippen LogP) is 4.63. The second kappa shape index (κ2) is 7.79. The molecule has 1 heterocycles. The molecule has 0 spiro atoms. The van der Waals surface area contributed by atoms with E-state index in [1.165, 1.54) is 5.56 Å². The van der Waals surface area contributed by atoms with E-state index in [1.54, 1.807) is 24.3 Å². The lowest BCUT2D eigenvalue weighted by Crippen LogP contribution is -2.33. The van der Waals surface area contributed by atoms with Crippen LogP contribution in [0.15, 0.2) is 47.9 Å². The minimum atomic E-state index is -0.754. The topological polar surface area (TPSA) is 43.4 Å². The van der Waals surface area contributed by atoms with E-state index in [9.17, 15) is 9.59 Å². The van der Waals surface area contributed by atoms with E-state index in [-0.39, 0.29) is 18.3 Å². The summed E-state index contributed by atoms with van der Waals surface area (Å²) in [5.74, 6) is -1.51. The van der Waals surface area contributed by atoms with E-state index in [1.807, 2.05) is 29.6 Å². The van der Waals surface area contributed by atoms with Gasteiger partial charge in [0.15, 0.2) is 5.78 Å². The van der Waals surface area contributed by atoms with Crippen LogP contribution in [-0.2, 0) is 20.7 Å². The van der Waals surface area contributed by atoms with Gasteiger partial charge in [-0.3, -0.25) is 9.59 Å². The van der Waals surface area contributed by atoms with Gasteiger partial charge in [0.2, 0.25) is 0 Å². The van der Waals surface area contributed by atoms with Crippen LogP contribution in [0.5, 0.6) is 0 Å². The number of carbonyl (C=O) groups excluding carboxylic acids is 2. The van der Waals surface area contributed by atoms with Crippen LogP contribution in [0.2, 0.25) is 0 Å². The molecular formula is C21H22O3S. The maximum atomic E-state index is 12.8. The molecule has 3 nitrogen and oxygen atoms in total. The zero-order chi connectivity index (χ0) is 17.8. The first-order valence-electron chi connectivity index (χ1n) is 8.67. The number of rotatable bonds is 5.